The topological polar surface area (TPSA) is 20.2 Å². The molecule has 0 spiro atoms. The van der Waals surface area contributed by atoms with Crippen LogP contribution in [0.25, 0.3) is 0 Å². The zero-order chi connectivity index (χ0) is 12.6. The number of hydrogen-bond donors (Lipinski definition) is 1. The molecule has 1 nitrogen and oxygen atoms in total. The Morgan fingerprint density at radius 1 is 1.29 bits per heavy atom. The number of aliphatic hydroxyl groups excluding tert-OH is 1. The first kappa shape index (κ1) is 13.2. The van der Waals surface area contributed by atoms with Gasteiger partial charge in [0.15, 0.2) is 0 Å². The fraction of sp³-hybridized carbons (Fsp3) is 0.571. The average molecular weight is 273 g/mol. The van der Waals surface area contributed by atoms with Crippen LogP contribution >= 0.6 is 23.2 Å². The molecule has 0 aliphatic heterocycles. The Labute approximate surface area is 113 Å². The van der Waals surface area contributed by atoms with E-state index in [1.807, 2.05) is 18.2 Å². The smallest absolute Gasteiger partial charge is 0.0627 e. The van der Waals surface area contributed by atoms with Gasteiger partial charge in [-0.15, -0.1) is 0 Å². The van der Waals surface area contributed by atoms with Gasteiger partial charge in [0, 0.05) is 5.41 Å². The van der Waals surface area contributed by atoms with Gasteiger partial charge in [0.2, 0.25) is 0 Å². The molecule has 2 rings (SSSR count). The molecule has 1 aromatic rings. The molecule has 1 fully saturated rings. The highest BCUT2D eigenvalue weighted by molar-refractivity contribution is 6.42. The maximum Gasteiger partial charge on any atom is 0.0627 e. The second kappa shape index (κ2) is 4.79. The number of halogens is 2. The highest BCUT2D eigenvalue weighted by Gasteiger charge is 2.52. The van der Waals surface area contributed by atoms with E-state index in [1.54, 1.807) is 0 Å². The van der Waals surface area contributed by atoms with E-state index in [-0.39, 0.29) is 11.5 Å². The molecule has 94 valence electrons. The van der Waals surface area contributed by atoms with Crippen molar-refractivity contribution in [3.05, 3.63) is 33.8 Å². The van der Waals surface area contributed by atoms with E-state index >= 15 is 0 Å². The van der Waals surface area contributed by atoms with Crippen molar-refractivity contribution in [3.63, 3.8) is 0 Å². The van der Waals surface area contributed by atoms with Crippen LogP contribution in [0.2, 0.25) is 10.0 Å². The van der Waals surface area contributed by atoms with Gasteiger partial charge >= 0.3 is 0 Å². The first-order valence-electron chi connectivity index (χ1n) is 6.18. The zero-order valence-corrected chi connectivity index (χ0v) is 11.7. The Kier molecular flexibility index (Phi) is 3.72. The predicted molar refractivity (Wildman–Crippen MR) is 72.8 cm³/mol. The van der Waals surface area contributed by atoms with Crippen molar-refractivity contribution in [3.8, 4) is 0 Å². The van der Waals surface area contributed by atoms with E-state index in [0.717, 1.165) is 24.8 Å². The average Bonchev–Trinajstić information content (AvgIpc) is 2.32. The number of aliphatic hydroxyl groups is 1. The molecule has 1 saturated carbocycles. The van der Waals surface area contributed by atoms with Gasteiger partial charge in [-0.1, -0.05) is 49.2 Å². The summed E-state index contributed by atoms with van der Waals surface area (Å²) >= 11 is 12.3. The molecule has 1 N–H and O–H groups in total. The minimum Gasteiger partial charge on any atom is -0.393 e. The summed E-state index contributed by atoms with van der Waals surface area (Å²) in [6.45, 7) is 4.27. The molecule has 0 saturated heterocycles. The number of rotatable bonds is 3. The second-order valence-corrected chi connectivity index (χ2v) is 5.67. The van der Waals surface area contributed by atoms with Crippen LogP contribution < -0.4 is 0 Å². The highest BCUT2D eigenvalue weighted by Crippen LogP contribution is 2.58. The van der Waals surface area contributed by atoms with Gasteiger partial charge in [-0.25, -0.2) is 0 Å². The number of benzene rings is 1. The van der Waals surface area contributed by atoms with Crippen molar-refractivity contribution in [1.29, 1.82) is 0 Å². The monoisotopic (exact) mass is 272 g/mol. The lowest BCUT2D eigenvalue weighted by atomic mass is 9.53. The fourth-order valence-electron chi connectivity index (χ4n) is 3.20. The normalized spacial score (nSPS) is 26.6. The lowest BCUT2D eigenvalue weighted by Gasteiger charge is -2.54. The lowest BCUT2D eigenvalue weighted by Crippen LogP contribution is -2.51. The van der Waals surface area contributed by atoms with E-state index in [0.29, 0.717) is 16.0 Å². The predicted octanol–water partition coefficient (Wildman–Crippen LogP) is 4.65. The Balaban J connectivity index is 2.39. The Bertz CT molecular complexity index is 413. The van der Waals surface area contributed by atoms with E-state index < -0.39 is 0 Å². The van der Waals surface area contributed by atoms with Crippen molar-refractivity contribution in [1.82, 2.24) is 0 Å². The van der Waals surface area contributed by atoms with Crippen LogP contribution in [0.1, 0.15) is 44.6 Å². The number of hydrogen-bond acceptors (Lipinski definition) is 1. The zero-order valence-electron chi connectivity index (χ0n) is 10.2. The Morgan fingerprint density at radius 2 is 1.94 bits per heavy atom. The van der Waals surface area contributed by atoms with Crippen molar-refractivity contribution in [2.75, 3.05) is 0 Å². The van der Waals surface area contributed by atoms with E-state index in [2.05, 4.69) is 13.8 Å². The van der Waals surface area contributed by atoms with Gasteiger partial charge in [-0.3, -0.25) is 0 Å². The maximum absolute atomic E-state index is 10.1. The minimum absolute atomic E-state index is 0.0195. The largest absolute Gasteiger partial charge is 0.393 e. The molecule has 1 aliphatic rings. The van der Waals surface area contributed by atoms with Crippen molar-refractivity contribution in [2.24, 2.45) is 5.41 Å². The highest BCUT2D eigenvalue weighted by atomic mass is 35.5. The van der Waals surface area contributed by atoms with Crippen LogP contribution in [0.3, 0.4) is 0 Å². The second-order valence-electron chi connectivity index (χ2n) is 4.89. The van der Waals surface area contributed by atoms with E-state index in [4.69, 9.17) is 23.2 Å². The standard InChI is InChI=1S/C14H18Cl2O/c1-3-14(4-2)10(8-12(14)17)9-6-5-7-11(15)13(9)16/h5-7,10,12,17H,3-4,8H2,1-2H3. The lowest BCUT2D eigenvalue weighted by molar-refractivity contribution is -0.0931. The van der Waals surface area contributed by atoms with Gasteiger partial charge in [0.05, 0.1) is 16.1 Å². The molecule has 0 bridgehead atoms. The Hall–Kier alpha value is -0.240. The summed E-state index contributed by atoms with van der Waals surface area (Å²) in [5.41, 5.74) is 1.07. The first-order valence-corrected chi connectivity index (χ1v) is 6.94. The molecule has 0 heterocycles. The van der Waals surface area contributed by atoms with Gasteiger partial charge in [-0.05, 0) is 36.8 Å². The van der Waals surface area contributed by atoms with Crippen molar-refractivity contribution < 1.29 is 5.11 Å². The van der Waals surface area contributed by atoms with Crippen LogP contribution in [0.15, 0.2) is 18.2 Å². The summed E-state index contributed by atoms with van der Waals surface area (Å²) in [6.07, 6.45) is 2.52. The van der Waals surface area contributed by atoms with Crippen LogP contribution in [0.4, 0.5) is 0 Å². The minimum atomic E-state index is -0.211. The van der Waals surface area contributed by atoms with Crippen LogP contribution in [-0.4, -0.2) is 11.2 Å². The van der Waals surface area contributed by atoms with E-state index in [9.17, 15) is 5.11 Å². The Morgan fingerprint density at radius 3 is 2.47 bits per heavy atom. The molecule has 3 heteroatoms. The summed E-state index contributed by atoms with van der Waals surface area (Å²) < 4.78 is 0. The molecule has 2 unspecified atom stereocenters. The van der Waals surface area contributed by atoms with Gasteiger partial charge < -0.3 is 5.11 Å². The molecule has 0 amide bonds. The maximum atomic E-state index is 10.1. The van der Waals surface area contributed by atoms with Gasteiger partial charge in [0.25, 0.3) is 0 Å². The SMILES string of the molecule is CCC1(CC)C(O)CC1c1cccc(Cl)c1Cl. The van der Waals surface area contributed by atoms with Crippen molar-refractivity contribution in [2.45, 2.75) is 45.1 Å². The third-order valence-corrected chi connectivity index (χ3v) is 5.32. The summed E-state index contributed by atoms with van der Waals surface area (Å²) in [5, 5.41) is 11.3. The van der Waals surface area contributed by atoms with Crippen molar-refractivity contribution >= 4 is 23.2 Å². The molecule has 1 aliphatic carbocycles. The van der Waals surface area contributed by atoms with Gasteiger partial charge in [-0.2, -0.15) is 0 Å². The van der Waals surface area contributed by atoms with Gasteiger partial charge in [0.1, 0.15) is 0 Å². The molecular formula is C14H18Cl2O. The summed E-state index contributed by atoms with van der Waals surface area (Å²) in [7, 11) is 0. The summed E-state index contributed by atoms with van der Waals surface area (Å²) in [5.74, 6) is 0.332. The van der Waals surface area contributed by atoms with E-state index in [1.165, 1.54) is 0 Å². The first-order chi connectivity index (χ1) is 8.06. The third kappa shape index (κ3) is 1.89. The van der Waals surface area contributed by atoms with Crippen LogP contribution in [-0.2, 0) is 0 Å². The summed E-state index contributed by atoms with van der Waals surface area (Å²) in [6, 6.07) is 5.78. The fourth-order valence-corrected chi connectivity index (χ4v) is 3.64. The quantitative estimate of drug-likeness (QED) is 0.850. The van der Waals surface area contributed by atoms with Crippen LogP contribution in [0.5, 0.6) is 0 Å². The molecule has 0 radical (unpaired) electrons. The molecule has 1 aromatic carbocycles. The third-order valence-electron chi connectivity index (χ3n) is 4.49. The van der Waals surface area contributed by atoms with Crippen LogP contribution in [0, 0.1) is 5.41 Å². The molecule has 0 aromatic heterocycles. The molecule has 17 heavy (non-hydrogen) atoms. The summed E-state index contributed by atoms with van der Waals surface area (Å²) in [4.78, 5) is 0. The molecular weight excluding hydrogens is 255 g/mol. The molecule has 2 atom stereocenters.